The predicted molar refractivity (Wildman–Crippen MR) is 50.9 cm³/mol. The first-order valence-electron chi connectivity index (χ1n) is 4.35. The van der Waals surface area contributed by atoms with Crippen LogP contribution in [0, 0.1) is 11.3 Å². The van der Waals surface area contributed by atoms with E-state index in [-0.39, 0.29) is 6.04 Å². The van der Waals surface area contributed by atoms with Gasteiger partial charge in [0, 0.05) is 31.4 Å². The van der Waals surface area contributed by atoms with Crippen molar-refractivity contribution in [1.29, 1.82) is 5.26 Å². The molecule has 0 amide bonds. The van der Waals surface area contributed by atoms with Crippen molar-refractivity contribution < 1.29 is 0 Å². The molecule has 0 fully saturated rings. The van der Waals surface area contributed by atoms with Crippen LogP contribution in [0.25, 0.3) is 0 Å². The molecule has 1 heterocycles. The number of nitriles is 1. The maximum atomic E-state index is 8.35. The Labute approximate surface area is 78.4 Å². The molecule has 1 aromatic heterocycles. The number of hydrogen-bond donors (Lipinski definition) is 1. The fourth-order valence-electron chi connectivity index (χ4n) is 1.09. The van der Waals surface area contributed by atoms with Gasteiger partial charge in [-0.15, -0.1) is 0 Å². The Morgan fingerprint density at radius 1 is 1.69 bits per heavy atom. The van der Waals surface area contributed by atoms with Crippen LogP contribution >= 0.6 is 0 Å². The van der Waals surface area contributed by atoms with Crippen LogP contribution in [0.5, 0.6) is 0 Å². The van der Waals surface area contributed by atoms with Gasteiger partial charge in [-0.1, -0.05) is 6.07 Å². The summed E-state index contributed by atoms with van der Waals surface area (Å²) in [4.78, 5) is 4.03. The second-order valence-corrected chi connectivity index (χ2v) is 2.87. The molecule has 0 saturated heterocycles. The van der Waals surface area contributed by atoms with E-state index in [1.165, 1.54) is 0 Å². The molecule has 13 heavy (non-hydrogen) atoms. The third-order valence-corrected chi connectivity index (χ3v) is 1.87. The maximum Gasteiger partial charge on any atom is 0.0635 e. The van der Waals surface area contributed by atoms with Gasteiger partial charge in [0.25, 0.3) is 0 Å². The average molecular weight is 175 g/mol. The highest BCUT2D eigenvalue weighted by Crippen LogP contribution is 2.08. The van der Waals surface area contributed by atoms with Gasteiger partial charge < -0.3 is 5.32 Å². The molecule has 0 saturated carbocycles. The molecule has 1 unspecified atom stereocenters. The summed E-state index contributed by atoms with van der Waals surface area (Å²) in [5, 5.41) is 11.6. The first kappa shape index (κ1) is 9.69. The molecule has 1 N–H and O–H groups in total. The van der Waals surface area contributed by atoms with Gasteiger partial charge >= 0.3 is 0 Å². The summed E-state index contributed by atoms with van der Waals surface area (Å²) in [5.74, 6) is 0. The van der Waals surface area contributed by atoms with Crippen LogP contribution in [0.4, 0.5) is 0 Å². The van der Waals surface area contributed by atoms with Crippen molar-refractivity contribution in [3.05, 3.63) is 30.1 Å². The normalized spacial score (nSPS) is 12.0. The monoisotopic (exact) mass is 175 g/mol. The van der Waals surface area contributed by atoms with E-state index in [4.69, 9.17) is 5.26 Å². The van der Waals surface area contributed by atoms with Crippen LogP contribution in [0.3, 0.4) is 0 Å². The van der Waals surface area contributed by atoms with Gasteiger partial charge in [-0.05, 0) is 18.6 Å². The van der Waals surface area contributed by atoms with Gasteiger partial charge in [-0.25, -0.2) is 0 Å². The maximum absolute atomic E-state index is 8.35. The highest BCUT2D eigenvalue weighted by Gasteiger charge is 2.02. The minimum absolute atomic E-state index is 0.266. The van der Waals surface area contributed by atoms with Gasteiger partial charge in [-0.2, -0.15) is 5.26 Å². The van der Waals surface area contributed by atoms with Crippen LogP contribution in [0.15, 0.2) is 24.5 Å². The van der Waals surface area contributed by atoms with E-state index in [1.807, 2.05) is 18.3 Å². The van der Waals surface area contributed by atoms with Gasteiger partial charge in [0.2, 0.25) is 0 Å². The Bertz CT molecular complexity index is 276. The number of rotatable bonds is 4. The third kappa shape index (κ3) is 3.22. The number of pyridine rings is 1. The second kappa shape index (κ2) is 5.28. The van der Waals surface area contributed by atoms with Crippen molar-refractivity contribution >= 4 is 0 Å². The topological polar surface area (TPSA) is 48.7 Å². The summed E-state index contributed by atoms with van der Waals surface area (Å²) in [6.07, 6.45) is 4.14. The smallest absolute Gasteiger partial charge is 0.0635 e. The zero-order valence-corrected chi connectivity index (χ0v) is 7.70. The lowest BCUT2D eigenvalue weighted by molar-refractivity contribution is 0.581. The Morgan fingerprint density at radius 3 is 3.15 bits per heavy atom. The van der Waals surface area contributed by atoms with Gasteiger partial charge in [0.05, 0.1) is 6.07 Å². The molecule has 68 valence electrons. The summed E-state index contributed by atoms with van der Waals surface area (Å²) in [6, 6.07) is 6.30. The lowest BCUT2D eigenvalue weighted by atomic mass is 10.1. The fourth-order valence-corrected chi connectivity index (χ4v) is 1.09. The predicted octanol–water partition coefficient (Wildman–Crippen LogP) is 1.65. The fraction of sp³-hybridized carbons (Fsp3) is 0.400. The van der Waals surface area contributed by atoms with E-state index >= 15 is 0 Å². The summed E-state index contributed by atoms with van der Waals surface area (Å²) in [7, 11) is 0. The molecule has 3 heteroatoms. The number of nitrogens with zero attached hydrogens (tertiary/aromatic N) is 2. The molecule has 0 aliphatic rings. The SMILES string of the molecule is CC(NCCC#N)c1cccnc1. The summed E-state index contributed by atoms with van der Waals surface area (Å²) in [6.45, 7) is 2.79. The minimum Gasteiger partial charge on any atom is -0.309 e. The van der Waals surface area contributed by atoms with Crippen LogP contribution in [-0.4, -0.2) is 11.5 Å². The lowest BCUT2D eigenvalue weighted by Gasteiger charge is -2.11. The Hall–Kier alpha value is -1.40. The van der Waals surface area contributed by atoms with Crippen molar-refractivity contribution in [2.75, 3.05) is 6.54 Å². The van der Waals surface area contributed by atoms with Gasteiger partial charge in [0.15, 0.2) is 0 Å². The third-order valence-electron chi connectivity index (χ3n) is 1.87. The summed E-state index contributed by atoms with van der Waals surface area (Å²) < 4.78 is 0. The largest absolute Gasteiger partial charge is 0.309 e. The second-order valence-electron chi connectivity index (χ2n) is 2.87. The van der Waals surface area contributed by atoms with Crippen LogP contribution in [0.2, 0.25) is 0 Å². The van der Waals surface area contributed by atoms with Crippen LogP contribution < -0.4 is 5.32 Å². The van der Waals surface area contributed by atoms with E-state index in [2.05, 4.69) is 23.3 Å². The molecule has 0 aliphatic heterocycles. The number of aromatic nitrogens is 1. The van der Waals surface area contributed by atoms with E-state index in [0.29, 0.717) is 6.42 Å². The Morgan fingerprint density at radius 2 is 2.54 bits per heavy atom. The van der Waals surface area contributed by atoms with Gasteiger partial charge in [0.1, 0.15) is 0 Å². The molecule has 0 aromatic carbocycles. The Kier molecular flexibility index (Phi) is 3.94. The van der Waals surface area contributed by atoms with Crippen molar-refractivity contribution in [3.63, 3.8) is 0 Å². The molecule has 0 spiro atoms. The van der Waals surface area contributed by atoms with Crippen molar-refractivity contribution in [1.82, 2.24) is 10.3 Å². The Balaban J connectivity index is 2.41. The van der Waals surface area contributed by atoms with E-state index in [0.717, 1.165) is 12.1 Å². The standard InChI is InChI=1S/C10H13N3/c1-9(13-7-3-5-11)10-4-2-6-12-8-10/h2,4,6,8-9,13H,3,7H2,1H3. The molecule has 1 atom stereocenters. The van der Waals surface area contributed by atoms with Crippen molar-refractivity contribution in [3.8, 4) is 6.07 Å². The highest BCUT2D eigenvalue weighted by molar-refractivity contribution is 5.12. The first-order chi connectivity index (χ1) is 6.34. The molecular weight excluding hydrogens is 162 g/mol. The molecule has 1 aromatic rings. The zero-order valence-electron chi connectivity index (χ0n) is 7.70. The zero-order chi connectivity index (χ0) is 9.52. The molecular formula is C10H13N3. The molecule has 1 rings (SSSR count). The summed E-state index contributed by atoms with van der Waals surface area (Å²) in [5.41, 5.74) is 1.15. The van der Waals surface area contributed by atoms with Crippen molar-refractivity contribution in [2.24, 2.45) is 0 Å². The quantitative estimate of drug-likeness (QED) is 0.708. The minimum atomic E-state index is 0.266. The number of nitrogens with one attached hydrogen (secondary N) is 1. The first-order valence-corrected chi connectivity index (χ1v) is 4.35. The summed E-state index contributed by atoms with van der Waals surface area (Å²) >= 11 is 0. The highest BCUT2D eigenvalue weighted by atomic mass is 14.9. The molecule has 0 radical (unpaired) electrons. The van der Waals surface area contributed by atoms with Crippen LogP contribution in [-0.2, 0) is 0 Å². The van der Waals surface area contributed by atoms with Gasteiger partial charge in [-0.3, -0.25) is 4.98 Å². The van der Waals surface area contributed by atoms with Crippen LogP contribution in [0.1, 0.15) is 24.9 Å². The van der Waals surface area contributed by atoms with Crippen molar-refractivity contribution in [2.45, 2.75) is 19.4 Å². The molecule has 3 nitrogen and oxygen atoms in total. The number of hydrogen-bond acceptors (Lipinski definition) is 3. The molecule has 0 bridgehead atoms. The van der Waals surface area contributed by atoms with E-state index in [1.54, 1.807) is 6.20 Å². The average Bonchev–Trinajstić information content (AvgIpc) is 2.19. The van der Waals surface area contributed by atoms with E-state index < -0.39 is 0 Å². The lowest BCUT2D eigenvalue weighted by Crippen LogP contribution is -2.19. The van der Waals surface area contributed by atoms with E-state index in [9.17, 15) is 0 Å². The molecule has 0 aliphatic carbocycles.